The van der Waals surface area contributed by atoms with Crippen LogP contribution in [0.5, 0.6) is 0 Å². The van der Waals surface area contributed by atoms with Crippen LogP contribution in [0.4, 0.5) is 5.69 Å². The molecule has 98 valence electrons. The average Bonchev–Trinajstić information content (AvgIpc) is 2.36. The Bertz CT molecular complexity index is 453. The predicted molar refractivity (Wildman–Crippen MR) is 75.1 cm³/mol. The highest BCUT2D eigenvalue weighted by Gasteiger charge is 2.34. The SMILES string of the molecule is Cc1c(Cl)cccc1NC(=O)C1(C)CCCCN1. The topological polar surface area (TPSA) is 41.1 Å². The van der Waals surface area contributed by atoms with Crippen LogP contribution in [-0.2, 0) is 4.79 Å². The van der Waals surface area contributed by atoms with Crippen LogP contribution in [-0.4, -0.2) is 18.0 Å². The molecule has 0 aromatic heterocycles. The lowest BCUT2D eigenvalue weighted by atomic mass is 9.90. The summed E-state index contributed by atoms with van der Waals surface area (Å²) in [5.41, 5.74) is 1.24. The van der Waals surface area contributed by atoms with Gasteiger partial charge in [-0.1, -0.05) is 17.7 Å². The summed E-state index contributed by atoms with van der Waals surface area (Å²) in [6.07, 6.45) is 3.10. The first-order valence-electron chi connectivity index (χ1n) is 6.34. The summed E-state index contributed by atoms with van der Waals surface area (Å²) in [6, 6.07) is 5.56. The Labute approximate surface area is 113 Å². The van der Waals surface area contributed by atoms with E-state index in [9.17, 15) is 4.79 Å². The Morgan fingerprint density at radius 2 is 2.22 bits per heavy atom. The van der Waals surface area contributed by atoms with E-state index >= 15 is 0 Å². The van der Waals surface area contributed by atoms with E-state index in [-0.39, 0.29) is 5.91 Å². The Kier molecular flexibility index (Phi) is 3.93. The quantitative estimate of drug-likeness (QED) is 0.864. The number of amides is 1. The van der Waals surface area contributed by atoms with Gasteiger partial charge in [-0.2, -0.15) is 0 Å². The number of nitrogens with one attached hydrogen (secondary N) is 2. The fourth-order valence-corrected chi connectivity index (χ4v) is 2.43. The maximum atomic E-state index is 12.3. The summed E-state index contributed by atoms with van der Waals surface area (Å²) >= 11 is 6.05. The van der Waals surface area contributed by atoms with Crippen molar-refractivity contribution in [2.45, 2.75) is 38.6 Å². The van der Waals surface area contributed by atoms with E-state index in [0.29, 0.717) is 5.02 Å². The Morgan fingerprint density at radius 3 is 2.89 bits per heavy atom. The molecule has 1 heterocycles. The van der Waals surface area contributed by atoms with E-state index in [1.54, 1.807) is 0 Å². The lowest BCUT2D eigenvalue weighted by Gasteiger charge is -2.33. The highest BCUT2D eigenvalue weighted by molar-refractivity contribution is 6.31. The van der Waals surface area contributed by atoms with Crippen LogP contribution in [0.25, 0.3) is 0 Å². The second kappa shape index (κ2) is 5.29. The first-order chi connectivity index (χ1) is 8.53. The lowest BCUT2D eigenvalue weighted by molar-refractivity contribution is -0.122. The zero-order chi connectivity index (χ0) is 13.2. The predicted octanol–water partition coefficient (Wildman–Crippen LogP) is 3.12. The standard InChI is InChI=1S/C14H19ClN2O/c1-10-11(15)6-5-7-12(10)17-13(18)14(2)8-3-4-9-16-14/h5-7,16H,3-4,8-9H2,1-2H3,(H,17,18). The van der Waals surface area contributed by atoms with Crippen LogP contribution in [0.15, 0.2) is 18.2 Å². The third-order valence-electron chi connectivity index (χ3n) is 3.64. The van der Waals surface area contributed by atoms with Gasteiger partial charge in [0.25, 0.3) is 0 Å². The molecule has 0 spiro atoms. The number of piperidine rings is 1. The smallest absolute Gasteiger partial charge is 0.244 e. The number of hydrogen-bond donors (Lipinski definition) is 2. The van der Waals surface area contributed by atoms with Crippen molar-refractivity contribution >= 4 is 23.2 Å². The molecule has 0 saturated carbocycles. The zero-order valence-corrected chi connectivity index (χ0v) is 11.6. The number of halogens is 1. The number of anilines is 1. The zero-order valence-electron chi connectivity index (χ0n) is 10.8. The Hall–Kier alpha value is -1.06. The first kappa shape index (κ1) is 13.4. The molecule has 1 saturated heterocycles. The van der Waals surface area contributed by atoms with Gasteiger partial charge >= 0.3 is 0 Å². The summed E-state index contributed by atoms with van der Waals surface area (Å²) in [6.45, 7) is 4.77. The van der Waals surface area contributed by atoms with Crippen molar-refractivity contribution < 1.29 is 4.79 Å². The molecular weight excluding hydrogens is 248 g/mol. The molecule has 0 radical (unpaired) electrons. The van der Waals surface area contributed by atoms with Gasteiger partial charge in [0.15, 0.2) is 0 Å². The maximum Gasteiger partial charge on any atom is 0.244 e. The third kappa shape index (κ3) is 2.68. The molecule has 1 unspecified atom stereocenters. The lowest BCUT2D eigenvalue weighted by Crippen LogP contribution is -2.54. The molecule has 0 bridgehead atoms. The normalized spacial score (nSPS) is 23.7. The van der Waals surface area contributed by atoms with Crippen molar-refractivity contribution in [3.05, 3.63) is 28.8 Å². The number of hydrogen-bond acceptors (Lipinski definition) is 2. The van der Waals surface area contributed by atoms with Gasteiger partial charge in [-0.15, -0.1) is 0 Å². The van der Waals surface area contributed by atoms with Crippen LogP contribution in [0.1, 0.15) is 31.7 Å². The maximum absolute atomic E-state index is 12.3. The highest BCUT2D eigenvalue weighted by Crippen LogP contribution is 2.25. The van der Waals surface area contributed by atoms with Gasteiger partial charge in [0, 0.05) is 10.7 Å². The molecule has 0 aliphatic carbocycles. The van der Waals surface area contributed by atoms with E-state index in [4.69, 9.17) is 11.6 Å². The summed E-state index contributed by atoms with van der Waals surface area (Å²) in [5, 5.41) is 6.96. The molecule has 1 aromatic rings. The van der Waals surface area contributed by atoms with Gasteiger partial charge in [-0.25, -0.2) is 0 Å². The summed E-state index contributed by atoms with van der Waals surface area (Å²) in [5.74, 6) is 0.0209. The van der Waals surface area contributed by atoms with Crippen molar-refractivity contribution in [3.63, 3.8) is 0 Å². The van der Waals surface area contributed by atoms with Crippen LogP contribution >= 0.6 is 11.6 Å². The average molecular weight is 267 g/mol. The van der Waals surface area contributed by atoms with Gasteiger partial charge in [0.05, 0.1) is 5.54 Å². The molecule has 4 heteroatoms. The number of rotatable bonds is 2. The van der Waals surface area contributed by atoms with Crippen LogP contribution < -0.4 is 10.6 Å². The molecule has 1 fully saturated rings. The molecule has 1 amide bonds. The summed E-state index contributed by atoms with van der Waals surface area (Å²) < 4.78 is 0. The molecule has 18 heavy (non-hydrogen) atoms. The molecule has 1 atom stereocenters. The third-order valence-corrected chi connectivity index (χ3v) is 4.05. The van der Waals surface area contributed by atoms with Crippen molar-refractivity contribution in [1.82, 2.24) is 5.32 Å². The molecule has 1 aliphatic rings. The van der Waals surface area contributed by atoms with Crippen molar-refractivity contribution in [2.24, 2.45) is 0 Å². The Balaban J connectivity index is 2.13. The van der Waals surface area contributed by atoms with Gasteiger partial charge in [-0.3, -0.25) is 4.79 Å². The molecular formula is C14H19ClN2O. The number of carbonyl (C=O) groups is 1. The fourth-order valence-electron chi connectivity index (χ4n) is 2.25. The molecule has 1 aliphatic heterocycles. The van der Waals surface area contributed by atoms with E-state index in [0.717, 1.165) is 37.1 Å². The minimum atomic E-state index is -0.465. The van der Waals surface area contributed by atoms with E-state index in [2.05, 4.69) is 10.6 Å². The van der Waals surface area contributed by atoms with E-state index in [1.165, 1.54) is 0 Å². The molecule has 3 nitrogen and oxygen atoms in total. The van der Waals surface area contributed by atoms with Crippen LogP contribution in [0.2, 0.25) is 5.02 Å². The van der Waals surface area contributed by atoms with Gasteiger partial charge in [0.2, 0.25) is 5.91 Å². The second-order valence-corrected chi connectivity index (χ2v) is 5.49. The van der Waals surface area contributed by atoms with Crippen LogP contribution in [0.3, 0.4) is 0 Å². The highest BCUT2D eigenvalue weighted by atomic mass is 35.5. The largest absolute Gasteiger partial charge is 0.324 e. The fraction of sp³-hybridized carbons (Fsp3) is 0.500. The minimum absolute atomic E-state index is 0.0209. The molecule has 2 N–H and O–H groups in total. The van der Waals surface area contributed by atoms with E-state index < -0.39 is 5.54 Å². The van der Waals surface area contributed by atoms with Gasteiger partial charge < -0.3 is 10.6 Å². The Morgan fingerprint density at radius 1 is 1.44 bits per heavy atom. The molecule has 2 rings (SSSR count). The summed E-state index contributed by atoms with van der Waals surface area (Å²) in [4.78, 5) is 12.3. The minimum Gasteiger partial charge on any atom is -0.324 e. The monoisotopic (exact) mass is 266 g/mol. The number of benzene rings is 1. The van der Waals surface area contributed by atoms with Gasteiger partial charge in [-0.05, 0) is 57.4 Å². The van der Waals surface area contributed by atoms with Gasteiger partial charge in [0.1, 0.15) is 0 Å². The number of carbonyl (C=O) groups excluding carboxylic acids is 1. The summed E-state index contributed by atoms with van der Waals surface area (Å²) in [7, 11) is 0. The van der Waals surface area contributed by atoms with E-state index in [1.807, 2.05) is 32.0 Å². The van der Waals surface area contributed by atoms with Crippen molar-refractivity contribution in [3.8, 4) is 0 Å². The molecule has 1 aromatic carbocycles. The van der Waals surface area contributed by atoms with Crippen molar-refractivity contribution in [1.29, 1.82) is 0 Å². The van der Waals surface area contributed by atoms with Crippen LogP contribution in [0, 0.1) is 6.92 Å². The first-order valence-corrected chi connectivity index (χ1v) is 6.72. The van der Waals surface area contributed by atoms with Crippen molar-refractivity contribution in [2.75, 3.05) is 11.9 Å². The second-order valence-electron chi connectivity index (χ2n) is 5.08.